The molecule has 314 valence electrons. The van der Waals surface area contributed by atoms with Gasteiger partial charge < -0.3 is 14.7 Å². The van der Waals surface area contributed by atoms with Crippen molar-refractivity contribution in [2.24, 2.45) is 0 Å². The fourth-order valence-electron chi connectivity index (χ4n) is 8.24. The molecule has 0 unspecified atom stereocenters. The second-order valence-corrected chi connectivity index (χ2v) is 17.1. The number of hydrogen-bond donors (Lipinski definition) is 0. The standard InChI is InChI=1S/C57H42N5S.Pd/c1-57(2,3)41-30-33-59-55(34-41)62-51-31-32-58-37-50(51)48-23-11-10-22-47(48)49-29-28-44(36-54(49)62)63-43-21-14-20-42(35-43)60-38-61(53-27-13-12-26-52(53)60)56-45(39-16-6-4-7-17-39)24-15-25-46(56)40-18-8-5-9-19-40;/h4-34,37-38H,1-3H3;/q-3;/i4D,5D,6D,7D,8D,9D,16D,17D,18D,19D;. The first-order chi connectivity index (χ1) is 35.0. The van der Waals surface area contributed by atoms with Crippen LogP contribution in [0.4, 0.5) is 39.9 Å². The van der Waals surface area contributed by atoms with Crippen LogP contribution >= 0.6 is 11.8 Å². The first-order valence-electron chi connectivity index (χ1n) is 25.4. The third-order valence-corrected chi connectivity index (χ3v) is 12.1. The van der Waals surface area contributed by atoms with Gasteiger partial charge in [-0.1, -0.05) is 147 Å². The maximum absolute atomic E-state index is 9.05. The molecule has 2 aliphatic rings. The van der Waals surface area contributed by atoms with E-state index in [0.717, 1.165) is 54.8 Å². The van der Waals surface area contributed by atoms with E-state index in [2.05, 4.69) is 79.2 Å². The van der Waals surface area contributed by atoms with Gasteiger partial charge in [0.1, 0.15) is 5.82 Å². The number of para-hydroxylation sites is 3. The molecule has 0 bridgehead atoms. The summed E-state index contributed by atoms with van der Waals surface area (Å²) in [5.74, 6) is 0.747. The second-order valence-electron chi connectivity index (χ2n) is 16.1. The molecule has 0 fully saturated rings. The van der Waals surface area contributed by atoms with E-state index in [9.17, 15) is 0 Å². The molecule has 0 atom stereocenters. The van der Waals surface area contributed by atoms with Gasteiger partial charge in [-0.2, -0.15) is 24.3 Å². The molecule has 9 aromatic rings. The Hall–Kier alpha value is -6.75. The first kappa shape index (κ1) is 31.2. The van der Waals surface area contributed by atoms with E-state index in [1.54, 1.807) is 36.0 Å². The Bertz CT molecular complexity index is 3610. The van der Waals surface area contributed by atoms with Crippen molar-refractivity contribution in [1.29, 1.82) is 0 Å². The Morgan fingerprint density at radius 2 is 1.20 bits per heavy atom. The van der Waals surface area contributed by atoms with Crippen LogP contribution in [0.1, 0.15) is 40.0 Å². The van der Waals surface area contributed by atoms with Crippen LogP contribution < -0.4 is 14.7 Å². The average Bonchev–Trinajstić information content (AvgIpc) is 3.73. The monoisotopic (exact) mass is 944 g/mol. The van der Waals surface area contributed by atoms with Gasteiger partial charge in [0.15, 0.2) is 0 Å². The van der Waals surface area contributed by atoms with Crippen LogP contribution in [0.25, 0.3) is 44.5 Å². The normalized spacial score (nSPS) is 14.9. The second kappa shape index (κ2) is 17.1. The number of nitrogens with zero attached hydrogens (tertiary/aromatic N) is 5. The fraction of sp³-hybridized carbons (Fsp3) is 0.0702. The van der Waals surface area contributed by atoms with Gasteiger partial charge in [0, 0.05) is 72.8 Å². The Kier molecular flexibility index (Phi) is 8.32. The van der Waals surface area contributed by atoms with Gasteiger partial charge in [0.2, 0.25) is 0 Å². The summed E-state index contributed by atoms with van der Waals surface area (Å²) in [6.45, 7) is 8.34. The van der Waals surface area contributed by atoms with E-state index in [4.69, 9.17) is 18.7 Å². The van der Waals surface area contributed by atoms with Crippen LogP contribution in [-0.4, -0.2) is 9.97 Å². The molecule has 7 heteroatoms. The van der Waals surface area contributed by atoms with Crippen LogP contribution in [0, 0.1) is 18.8 Å². The summed E-state index contributed by atoms with van der Waals surface area (Å²) < 4.78 is 87.3. The summed E-state index contributed by atoms with van der Waals surface area (Å²) >= 11 is 1.49. The maximum atomic E-state index is 9.05. The molecular formula is C57H42N5PdS-3. The topological polar surface area (TPSA) is 35.5 Å². The maximum Gasteiger partial charge on any atom is 0.135 e. The predicted octanol–water partition coefficient (Wildman–Crippen LogP) is 15.4. The molecule has 0 spiro atoms. The summed E-state index contributed by atoms with van der Waals surface area (Å²) in [6.07, 6.45) is 5.55. The van der Waals surface area contributed by atoms with Crippen molar-refractivity contribution in [2.45, 2.75) is 36.0 Å². The summed E-state index contributed by atoms with van der Waals surface area (Å²) in [5, 5.41) is 0. The van der Waals surface area contributed by atoms with E-state index in [0.29, 0.717) is 17.1 Å². The Labute approximate surface area is 407 Å². The molecule has 0 saturated heterocycles. The van der Waals surface area contributed by atoms with E-state index in [1.807, 2.05) is 78.0 Å². The van der Waals surface area contributed by atoms with Crippen molar-refractivity contribution < 1.29 is 34.1 Å². The minimum absolute atomic E-state index is 0. The smallest absolute Gasteiger partial charge is 0.135 e. The quantitative estimate of drug-likeness (QED) is 0.117. The molecule has 5 nitrogen and oxygen atoms in total. The Morgan fingerprint density at radius 1 is 0.578 bits per heavy atom. The number of aromatic nitrogens is 2. The third kappa shape index (κ3) is 7.50. The molecule has 2 aliphatic heterocycles. The van der Waals surface area contributed by atoms with Gasteiger partial charge in [0.05, 0.1) is 19.4 Å². The zero-order chi connectivity index (χ0) is 51.2. The van der Waals surface area contributed by atoms with E-state index < -0.39 is 60.4 Å². The van der Waals surface area contributed by atoms with Crippen molar-refractivity contribution in [3.05, 3.63) is 219 Å². The Balaban J connectivity index is 0.00000626. The van der Waals surface area contributed by atoms with Crippen molar-refractivity contribution in [1.82, 2.24) is 9.97 Å². The molecular weight excluding hydrogens is 893 g/mol. The molecule has 2 aromatic heterocycles. The zero-order valence-corrected chi connectivity index (χ0v) is 37.1. The van der Waals surface area contributed by atoms with Crippen LogP contribution in [0.2, 0.25) is 0 Å². The summed E-state index contributed by atoms with van der Waals surface area (Å²) in [5.41, 5.74) is 9.13. The molecule has 11 rings (SSSR count). The summed E-state index contributed by atoms with van der Waals surface area (Å²) in [7, 11) is 0. The van der Waals surface area contributed by atoms with Crippen LogP contribution in [0.15, 0.2) is 204 Å². The average molecular weight is 946 g/mol. The Morgan fingerprint density at radius 3 is 1.91 bits per heavy atom. The predicted molar refractivity (Wildman–Crippen MR) is 260 cm³/mol. The SMILES string of the molecule is [2H]c1c([2H])c([2H])c(-c2cccc(-c3c([2H])c([2H])c([2H])c([2H])c3[2H])c2N2[CH-]N(c3[c-]c(Sc4[c-]c5c(cc4)-c4ccccc4-c4cnccc4N5c4cc(C(C)(C)C)ccn4)ccc3)c3ccccc32)c([2H])c1[2H].[Pd]. The van der Waals surface area contributed by atoms with Crippen LogP contribution in [0.3, 0.4) is 0 Å². The van der Waals surface area contributed by atoms with E-state index in [-0.39, 0.29) is 53.8 Å². The van der Waals surface area contributed by atoms with Crippen molar-refractivity contribution in [3.8, 4) is 44.5 Å². The van der Waals surface area contributed by atoms with Gasteiger partial charge in [0.25, 0.3) is 0 Å². The minimum Gasteiger partial charge on any atom is -0.493 e. The molecule has 0 radical (unpaired) electrons. The van der Waals surface area contributed by atoms with Crippen molar-refractivity contribution in [3.63, 3.8) is 0 Å². The van der Waals surface area contributed by atoms with Gasteiger partial charge in [-0.3, -0.25) is 4.98 Å². The van der Waals surface area contributed by atoms with E-state index in [1.165, 1.54) is 11.8 Å². The van der Waals surface area contributed by atoms with Crippen LogP contribution in [0.5, 0.6) is 0 Å². The molecule has 4 heterocycles. The van der Waals surface area contributed by atoms with E-state index >= 15 is 0 Å². The van der Waals surface area contributed by atoms with Crippen molar-refractivity contribution >= 4 is 51.7 Å². The third-order valence-electron chi connectivity index (χ3n) is 11.2. The fourth-order valence-corrected chi connectivity index (χ4v) is 9.06. The van der Waals surface area contributed by atoms with Gasteiger partial charge >= 0.3 is 0 Å². The molecule has 64 heavy (non-hydrogen) atoms. The molecule has 0 saturated carbocycles. The first-order valence-corrected chi connectivity index (χ1v) is 21.2. The molecule has 0 aliphatic carbocycles. The summed E-state index contributed by atoms with van der Waals surface area (Å²) in [6, 6.07) is 39.2. The number of anilines is 7. The molecule has 0 N–H and O–H groups in total. The number of hydrogen-bond acceptors (Lipinski definition) is 6. The number of rotatable bonds is 7. The molecule has 7 aromatic carbocycles. The minimum atomic E-state index is -0.559. The number of benzene rings is 7. The zero-order valence-electron chi connectivity index (χ0n) is 44.7. The van der Waals surface area contributed by atoms with Gasteiger partial charge in [-0.15, -0.1) is 57.7 Å². The van der Waals surface area contributed by atoms with Gasteiger partial charge in [-0.25, -0.2) is 4.98 Å². The number of pyridine rings is 2. The summed E-state index contributed by atoms with van der Waals surface area (Å²) in [4.78, 5) is 17.0. The van der Waals surface area contributed by atoms with Crippen LogP contribution in [-0.2, 0) is 25.8 Å². The van der Waals surface area contributed by atoms with Crippen molar-refractivity contribution in [2.75, 3.05) is 14.7 Å². The largest absolute Gasteiger partial charge is 0.493 e. The number of fused-ring (bicyclic) bond motifs is 6. The molecule has 0 amide bonds. The van der Waals surface area contributed by atoms with Gasteiger partial charge in [-0.05, 0) is 58.0 Å².